The molecule has 0 radical (unpaired) electrons. The topological polar surface area (TPSA) is 61.3 Å². The van der Waals surface area contributed by atoms with Gasteiger partial charge in [0.1, 0.15) is 5.75 Å². The molecule has 1 aromatic heterocycles. The van der Waals surface area contributed by atoms with Gasteiger partial charge in [-0.15, -0.1) is 0 Å². The molecule has 0 saturated heterocycles. The summed E-state index contributed by atoms with van der Waals surface area (Å²) in [4.78, 5) is 20.2. The van der Waals surface area contributed by atoms with Crippen molar-refractivity contribution < 1.29 is 14.3 Å². The molecule has 0 saturated carbocycles. The number of esters is 1. The van der Waals surface area contributed by atoms with Crippen LogP contribution in [0.1, 0.15) is 48.8 Å². The maximum atomic E-state index is 11.9. The number of ether oxygens (including phenoxy) is 2. The lowest BCUT2D eigenvalue weighted by atomic mass is 10.0. The fourth-order valence-electron chi connectivity index (χ4n) is 2.24. The van der Waals surface area contributed by atoms with Crippen molar-refractivity contribution in [1.82, 2.24) is 9.97 Å². The van der Waals surface area contributed by atoms with Gasteiger partial charge in [0.15, 0.2) is 0 Å². The number of nitrogens with zero attached hydrogens (tertiary/aromatic N) is 2. The van der Waals surface area contributed by atoms with Crippen LogP contribution in [0.15, 0.2) is 30.5 Å². The van der Waals surface area contributed by atoms with Gasteiger partial charge in [-0.3, -0.25) is 0 Å². The Bertz CT molecular complexity index is 682. The molecule has 2 aromatic rings. The molecule has 1 heterocycles. The number of aryl methyl sites for hydroxylation is 1. The van der Waals surface area contributed by atoms with Crippen molar-refractivity contribution in [1.29, 1.82) is 0 Å². The van der Waals surface area contributed by atoms with Gasteiger partial charge < -0.3 is 9.47 Å². The summed E-state index contributed by atoms with van der Waals surface area (Å²) in [7, 11) is 0. The second kappa shape index (κ2) is 8.43. The number of benzene rings is 1. The molecule has 24 heavy (non-hydrogen) atoms. The largest absolute Gasteiger partial charge is 0.462 e. The second-order valence-corrected chi connectivity index (χ2v) is 6.13. The Kier molecular flexibility index (Phi) is 6.29. The molecule has 0 unspecified atom stereocenters. The normalized spacial score (nSPS) is 10.7. The van der Waals surface area contributed by atoms with E-state index in [4.69, 9.17) is 9.47 Å². The predicted molar refractivity (Wildman–Crippen MR) is 92.4 cm³/mol. The van der Waals surface area contributed by atoms with Crippen molar-refractivity contribution in [3.63, 3.8) is 0 Å². The molecule has 0 amide bonds. The molecule has 128 valence electrons. The lowest BCUT2D eigenvalue weighted by Crippen LogP contribution is -2.10. The van der Waals surface area contributed by atoms with Gasteiger partial charge in [-0.2, -0.15) is 4.98 Å². The molecule has 0 aliphatic carbocycles. The Morgan fingerprint density at radius 2 is 1.92 bits per heavy atom. The molecule has 2 rings (SSSR count). The molecule has 5 nitrogen and oxygen atoms in total. The Labute approximate surface area is 143 Å². The summed E-state index contributed by atoms with van der Waals surface area (Å²) in [5.74, 6) is 0.880. The van der Waals surface area contributed by atoms with Crippen LogP contribution in [0.3, 0.4) is 0 Å². The van der Waals surface area contributed by atoms with E-state index in [0.29, 0.717) is 29.5 Å². The Balaban J connectivity index is 2.05. The maximum absolute atomic E-state index is 11.9. The molecule has 0 spiro atoms. The number of aromatic nitrogens is 2. The summed E-state index contributed by atoms with van der Waals surface area (Å²) in [6, 6.07) is 8.10. The predicted octanol–water partition coefficient (Wildman–Crippen LogP) is 4.34. The third-order valence-electron chi connectivity index (χ3n) is 3.39. The van der Waals surface area contributed by atoms with Crippen LogP contribution in [-0.2, 0) is 11.2 Å². The van der Waals surface area contributed by atoms with E-state index in [2.05, 4.69) is 23.8 Å². The zero-order valence-electron chi connectivity index (χ0n) is 14.7. The highest BCUT2D eigenvalue weighted by atomic mass is 16.5. The number of carbonyl (C=O) groups is 1. The minimum absolute atomic E-state index is 0.219. The molecule has 0 N–H and O–H groups in total. The fourth-order valence-corrected chi connectivity index (χ4v) is 2.24. The van der Waals surface area contributed by atoms with Gasteiger partial charge >= 0.3 is 12.0 Å². The minimum Gasteiger partial charge on any atom is -0.462 e. The average Bonchev–Trinajstić information content (AvgIpc) is 2.54. The standard InChI is InChI=1S/C19H24N2O3/c1-5-10-23-18(22)17-12-20-19(21-14(17)4)24-16-8-6-15(7-9-16)11-13(2)3/h6-9,12-13H,5,10-11H2,1-4H3. The van der Waals surface area contributed by atoms with E-state index < -0.39 is 5.97 Å². The van der Waals surface area contributed by atoms with Gasteiger partial charge in [-0.05, 0) is 43.4 Å². The van der Waals surface area contributed by atoms with Crippen LogP contribution in [0, 0.1) is 12.8 Å². The van der Waals surface area contributed by atoms with Gasteiger partial charge in [-0.25, -0.2) is 9.78 Å². The summed E-state index contributed by atoms with van der Waals surface area (Å²) in [5.41, 5.74) is 2.17. The van der Waals surface area contributed by atoms with Crippen molar-refractivity contribution >= 4 is 5.97 Å². The first-order valence-electron chi connectivity index (χ1n) is 8.27. The molecule has 0 fully saturated rings. The van der Waals surface area contributed by atoms with Crippen LogP contribution in [0.5, 0.6) is 11.8 Å². The Hall–Kier alpha value is -2.43. The number of carbonyl (C=O) groups excluding carboxylic acids is 1. The van der Waals surface area contributed by atoms with Crippen LogP contribution in [0.4, 0.5) is 0 Å². The summed E-state index contributed by atoms with van der Waals surface area (Å²) in [6.07, 6.45) is 3.26. The monoisotopic (exact) mass is 328 g/mol. The molecule has 5 heteroatoms. The highest BCUT2D eigenvalue weighted by molar-refractivity contribution is 5.90. The SMILES string of the molecule is CCCOC(=O)c1cnc(Oc2ccc(CC(C)C)cc2)nc1C. The molecule has 0 aliphatic heterocycles. The van der Waals surface area contributed by atoms with E-state index in [1.54, 1.807) is 6.92 Å². The third kappa shape index (κ3) is 5.05. The first-order valence-corrected chi connectivity index (χ1v) is 8.27. The molecule has 0 bridgehead atoms. The van der Waals surface area contributed by atoms with Crippen molar-refractivity contribution in [3.05, 3.63) is 47.3 Å². The summed E-state index contributed by atoms with van der Waals surface area (Å²) >= 11 is 0. The molecule has 0 atom stereocenters. The van der Waals surface area contributed by atoms with E-state index in [-0.39, 0.29) is 6.01 Å². The van der Waals surface area contributed by atoms with Crippen LogP contribution in [0.25, 0.3) is 0 Å². The van der Waals surface area contributed by atoms with Crippen molar-refractivity contribution in [2.24, 2.45) is 5.92 Å². The Morgan fingerprint density at radius 3 is 2.50 bits per heavy atom. The van der Waals surface area contributed by atoms with Crippen LogP contribution in [0.2, 0.25) is 0 Å². The summed E-state index contributed by atoms with van der Waals surface area (Å²) in [5, 5.41) is 0. The Morgan fingerprint density at radius 1 is 1.21 bits per heavy atom. The second-order valence-electron chi connectivity index (χ2n) is 6.13. The zero-order valence-corrected chi connectivity index (χ0v) is 14.7. The highest BCUT2D eigenvalue weighted by Gasteiger charge is 2.13. The lowest BCUT2D eigenvalue weighted by molar-refractivity contribution is 0.0503. The quantitative estimate of drug-likeness (QED) is 0.707. The number of hydrogen-bond donors (Lipinski definition) is 0. The van der Waals surface area contributed by atoms with Crippen molar-refractivity contribution in [3.8, 4) is 11.8 Å². The number of hydrogen-bond acceptors (Lipinski definition) is 5. The van der Waals surface area contributed by atoms with E-state index in [1.807, 2.05) is 31.2 Å². The first kappa shape index (κ1) is 17.9. The van der Waals surface area contributed by atoms with Gasteiger partial charge in [0.25, 0.3) is 0 Å². The van der Waals surface area contributed by atoms with Gasteiger partial charge in [0.2, 0.25) is 0 Å². The zero-order chi connectivity index (χ0) is 17.5. The molecular weight excluding hydrogens is 304 g/mol. The van der Waals surface area contributed by atoms with Crippen molar-refractivity contribution in [2.75, 3.05) is 6.61 Å². The van der Waals surface area contributed by atoms with Crippen LogP contribution < -0.4 is 4.74 Å². The van der Waals surface area contributed by atoms with Gasteiger partial charge in [0, 0.05) is 6.20 Å². The van der Waals surface area contributed by atoms with Crippen LogP contribution in [-0.4, -0.2) is 22.5 Å². The van der Waals surface area contributed by atoms with E-state index in [1.165, 1.54) is 11.8 Å². The first-order chi connectivity index (χ1) is 11.5. The maximum Gasteiger partial charge on any atom is 0.341 e. The molecule has 0 aliphatic rings. The smallest absolute Gasteiger partial charge is 0.341 e. The molecule has 1 aromatic carbocycles. The average molecular weight is 328 g/mol. The third-order valence-corrected chi connectivity index (χ3v) is 3.39. The molecular formula is C19H24N2O3. The van der Waals surface area contributed by atoms with Crippen LogP contribution >= 0.6 is 0 Å². The lowest BCUT2D eigenvalue weighted by Gasteiger charge is -2.09. The van der Waals surface area contributed by atoms with E-state index in [0.717, 1.165) is 12.8 Å². The van der Waals surface area contributed by atoms with E-state index >= 15 is 0 Å². The summed E-state index contributed by atoms with van der Waals surface area (Å²) < 4.78 is 10.8. The van der Waals surface area contributed by atoms with E-state index in [9.17, 15) is 4.79 Å². The number of rotatable bonds is 7. The van der Waals surface area contributed by atoms with Gasteiger partial charge in [0.05, 0.1) is 17.9 Å². The fraction of sp³-hybridized carbons (Fsp3) is 0.421. The highest BCUT2D eigenvalue weighted by Crippen LogP contribution is 2.20. The summed E-state index contributed by atoms with van der Waals surface area (Å²) in [6.45, 7) is 8.45. The van der Waals surface area contributed by atoms with Crippen molar-refractivity contribution in [2.45, 2.75) is 40.5 Å². The minimum atomic E-state index is -0.404. The van der Waals surface area contributed by atoms with Gasteiger partial charge in [-0.1, -0.05) is 32.9 Å².